The van der Waals surface area contributed by atoms with Gasteiger partial charge in [0.2, 0.25) is 5.91 Å². The number of aryl methyl sites for hydroxylation is 2. The molecular weight excluding hydrogens is 400 g/mol. The first-order valence-electron chi connectivity index (χ1n) is 10.4. The monoisotopic (exact) mass is 430 g/mol. The van der Waals surface area contributed by atoms with Gasteiger partial charge in [-0.05, 0) is 38.1 Å². The number of carbonyl (C=O) groups excluding carboxylic acids is 2. The van der Waals surface area contributed by atoms with E-state index < -0.39 is 5.54 Å². The zero-order valence-corrected chi connectivity index (χ0v) is 18.5. The van der Waals surface area contributed by atoms with Crippen molar-refractivity contribution in [3.8, 4) is 0 Å². The first-order chi connectivity index (χ1) is 14.6. The van der Waals surface area contributed by atoms with Crippen molar-refractivity contribution < 1.29 is 14.3 Å². The second-order valence-corrected chi connectivity index (χ2v) is 8.41. The minimum Gasteiger partial charge on any atom is -0.453 e. The number of aromatic nitrogens is 2. The number of anilines is 1. The highest BCUT2D eigenvalue weighted by molar-refractivity contribution is 7.99. The minimum absolute atomic E-state index is 0.0671. The summed E-state index contributed by atoms with van der Waals surface area (Å²) in [6, 6.07) is 9.44. The molecule has 0 bridgehead atoms. The summed E-state index contributed by atoms with van der Waals surface area (Å²) < 4.78 is 7.70. The molecule has 7 nitrogen and oxygen atoms in total. The Hall–Kier alpha value is -2.32. The van der Waals surface area contributed by atoms with Crippen molar-refractivity contribution >= 4 is 29.3 Å². The highest BCUT2D eigenvalue weighted by atomic mass is 32.2. The van der Waals surface area contributed by atoms with E-state index in [-0.39, 0.29) is 17.8 Å². The van der Waals surface area contributed by atoms with Gasteiger partial charge < -0.3 is 14.6 Å². The summed E-state index contributed by atoms with van der Waals surface area (Å²) >= 11 is 1.56. The van der Waals surface area contributed by atoms with E-state index in [9.17, 15) is 9.59 Å². The first kappa shape index (κ1) is 22.4. The van der Waals surface area contributed by atoms with Crippen molar-refractivity contribution in [1.82, 2.24) is 14.9 Å². The Bertz CT molecular complexity index is 834. The molecule has 8 heteroatoms. The molecule has 0 radical (unpaired) electrons. The number of para-hydroxylation sites is 1. The van der Waals surface area contributed by atoms with Gasteiger partial charge in [-0.3, -0.25) is 9.69 Å². The topological polar surface area (TPSA) is 76.5 Å². The zero-order chi connectivity index (χ0) is 21.4. The zero-order valence-electron chi connectivity index (χ0n) is 17.7. The number of imidazole rings is 1. The lowest BCUT2D eigenvalue weighted by Crippen LogP contribution is -2.62. The molecule has 1 fully saturated rings. The highest BCUT2D eigenvalue weighted by Gasteiger charge is 2.48. The number of benzene rings is 1. The molecule has 0 atom stereocenters. The van der Waals surface area contributed by atoms with E-state index in [4.69, 9.17) is 4.74 Å². The van der Waals surface area contributed by atoms with E-state index in [1.165, 1.54) is 0 Å². The summed E-state index contributed by atoms with van der Waals surface area (Å²) in [5.74, 6) is 1.69. The summed E-state index contributed by atoms with van der Waals surface area (Å²) in [5, 5.41) is 3.29. The second kappa shape index (κ2) is 10.6. The van der Waals surface area contributed by atoms with Crippen LogP contribution in [0.15, 0.2) is 42.7 Å². The Labute approximate surface area is 182 Å². The van der Waals surface area contributed by atoms with Crippen LogP contribution >= 0.6 is 11.8 Å². The Morgan fingerprint density at radius 1 is 1.27 bits per heavy atom. The average molecular weight is 431 g/mol. The Balaban J connectivity index is 1.69. The Morgan fingerprint density at radius 2 is 2.00 bits per heavy atom. The molecule has 0 saturated carbocycles. The third-order valence-electron chi connectivity index (χ3n) is 5.47. The van der Waals surface area contributed by atoms with Gasteiger partial charge in [0.15, 0.2) is 0 Å². The van der Waals surface area contributed by atoms with Crippen molar-refractivity contribution in [3.63, 3.8) is 0 Å². The molecule has 0 spiro atoms. The molecule has 2 heterocycles. The number of hydrogen-bond donors (Lipinski definition) is 1. The maximum atomic E-state index is 13.3. The molecule has 1 saturated heterocycles. The van der Waals surface area contributed by atoms with Gasteiger partial charge in [-0.2, -0.15) is 0 Å². The number of thioether (sulfide) groups is 1. The number of amides is 1. The smallest absolute Gasteiger partial charge is 0.333 e. The molecule has 1 aromatic heterocycles. The van der Waals surface area contributed by atoms with Gasteiger partial charge in [-0.15, -0.1) is 11.8 Å². The first-order valence-corrected chi connectivity index (χ1v) is 11.5. The Morgan fingerprint density at radius 3 is 2.63 bits per heavy atom. The van der Waals surface area contributed by atoms with E-state index in [0.29, 0.717) is 32.4 Å². The van der Waals surface area contributed by atoms with Crippen LogP contribution in [0.3, 0.4) is 0 Å². The number of ether oxygens (including phenoxy) is 1. The summed E-state index contributed by atoms with van der Waals surface area (Å²) in [7, 11) is 1.97. The molecule has 2 aromatic rings. The molecule has 1 N–H and O–H groups in total. The maximum Gasteiger partial charge on any atom is 0.333 e. The molecule has 1 aliphatic heterocycles. The van der Waals surface area contributed by atoms with Crippen molar-refractivity contribution in [2.75, 3.05) is 29.7 Å². The minimum atomic E-state index is -0.972. The van der Waals surface area contributed by atoms with Crippen LogP contribution in [0.1, 0.15) is 32.0 Å². The summed E-state index contributed by atoms with van der Waals surface area (Å²) in [4.78, 5) is 32.3. The number of carbonyl (C=O) groups is 2. The molecule has 0 aliphatic carbocycles. The number of esters is 1. The van der Waals surface area contributed by atoms with Crippen molar-refractivity contribution in [2.24, 2.45) is 7.05 Å². The van der Waals surface area contributed by atoms with Gasteiger partial charge >= 0.3 is 5.97 Å². The lowest BCUT2D eigenvalue weighted by Gasteiger charge is -2.44. The quantitative estimate of drug-likeness (QED) is 0.375. The van der Waals surface area contributed by atoms with Crippen molar-refractivity contribution in [2.45, 2.75) is 38.1 Å². The Kier molecular flexibility index (Phi) is 7.93. The van der Waals surface area contributed by atoms with E-state index in [1.54, 1.807) is 22.9 Å². The maximum absolute atomic E-state index is 13.3. The van der Waals surface area contributed by atoms with E-state index in [1.807, 2.05) is 55.1 Å². The van der Waals surface area contributed by atoms with Crippen molar-refractivity contribution in [1.29, 1.82) is 0 Å². The standard InChI is InChI=1S/C22H30N4O3S/c1-3-20(27)26(18-7-5-4-6-8-18)22(10-12-23-13-11-22)21(28)29-17-30-16-9-19-24-14-15-25(19)2/h4-8,14-15,23H,3,9-13,16-17H2,1-2H3. The van der Waals surface area contributed by atoms with Crippen LogP contribution in [0.25, 0.3) is 0 Å². The van der Waals surface area contributed by atoms with E-state index in [2.05, 4.69) is 10.3 Å². The third kappa shape index (κ3) is 5.05. The molecule has 1 aromatic carbocycles. The molecule has 1 aliphatic rings. The fourth-order valence-electron chi connectivity index (χ4n) is 3.81. The number of rotatable bonds is 9. The van der Waals surface area contributed by atoms with Crippen LogP contribution in [0.4, 0.5) is 5.69 Å². The fourth-order valence-corrected chi connectivity index (χ4v) is 4.45. The van der Waals surface area contributed by atoms with Gasteiger partial charge in [0.25, 0.3) is 0 Å². The third-order valence-corrected chi connectivity index (χ3v) is 6.25. The van der Waals surface area contributed by atoms with Gasteiger partial charge in [-0.25, -0.2) is 9.78 Å². The van der Waals surface area contributed by atoms with Crippen LogP contribution in [0.5, 0.6) is 0 Å². The number of nitrogens with zero attached hydrogens (tertiary/aromatic N) is 3. The van der Waals surface area contributed by atoms with Gasteiger partial charge in [0, 0.05) is 43.7 Å². The molecular formula is C22H30N4O3S. The van der Waals surface area contributed by atoms with Crippen LogP contribution in [0.2, 0.25) is 0 Å². The molecule has 30 heavy (non-hydrogen) atoms. The van der Waals surface area contributed by atoms with E-state index >= 15 is 0 Å². The van der Waals surface area contributed by atoms with Crippen LogP contribution in [-0.4, -0.2) is 51.7 Å². The summed E-state index contributed by atoms with van der Waals surface area (Å²) in [6.07, 6.45) is 5.91. The summed E-state index contributed by atoms with van der Waals surface area (Å²) in [6.45, 7) is 3.16. The van der Waals surface area contributed by atoms with E-state index in [0.717, 1.165) is 23.7 Å². The van der Waals surface area contributed by atoms with Gasteiger partial charge in [0.1, 0.15) is 17.3 Å². The largest absolute Gasteiger partial charge is 0.453 e. The normalized spacial score (nSPS) is 15.5. The number of piperidine rings is 1. The average Bonchev–Trinajstić information content (AvgIpc) is 3.19. The predicted molar refractivity (Wildman–Crippen MR) is 119 cm³/mol. The molecule has 0 unspecified atom stereocenters. The highest BCUT2D eigenvalue weighted by Crippen LogP contribution is 2.34. The lowest BCUT2D eigenvalue weighted by atomic mass is 9.85. The lowest BCUT2D eigenvalue weighted by molar-refractivity contribution is -0.150. The molecule has 162 valence electrons. The fraction of sp³-hybridized carbons (Fsp3) is 0.500. The second-order valence-electron chi connectivity index (χ2n) is 7.36. The van der Waals surface area contributed by atoms with Gasteiger partial charge in [-0.1, -0.05) is 25.1 Å². The molecule has 1 amide bonds. The SMILES string of the molecule is CCC(=O)N(c1ccccc1)C1(C(=O)OCSCCc2nccn2C)CCNCC1. The van der Waals surface area contributed by atoms with Crippen LogP contribution < -0.4 is 10.2 Å². The number of hydrogen-bond acceptors (Lipinski definition) is 6. The molecule has 3 rings (SSSR count). The summed E-state index contributed by atoms with van der Waals surface area (Å²) in [5.41, 5.74) is -0.231. The predicted octanol–water partition coefficient (Wildman–Crippen LogP) is 2.76. The number of nitrogens with one attached hydrogen (secondary N) is 1. The van der Waals surface area contributed by atoms with Crippen LogP contribution in [-0.2, 0) is 27.8 Å². The van der Waals surface area contributed by atoms with Gasteiger partial charge in [0.05, 0.1) is 0 Å². The van der Waals surface area contributed by atoms with Crippen LogP contribution in [0, 0.1) is 0 Å². The van der Waals surface area contributed by atoms with Crippen molar-refractivity contribution in [3.05, 3.63) is 48.5 Å².